The Bertz CT molecular complexity index is 914. The number of methoxy groups -OCH3 is 1. The molecule has 138 valence electrons. The molecule has 5 nitrogen and oxygen atoms in total. The Labute approximate surface area is 163 Å². The van der Waals surface area contributed by atoms with E-state index in [4.69, 9.17) is 16.3 Å². The number of nitrogens with one attached hydrogen (secondary N) is 1. The number of carbonyl (C=O) groups is 1. The first-order valence-corrected chi connectivity index (χ1v) is 8.80. The van der Waals surface area contributed by atoms with E-state index >= 15 is 0 Å². The third-order valence-electron chi connectivity index (χ3n) is 4.07. The summed E-state index contributed by atoms with van der Waals surface area (Å²) in [5, 5.41) is 3.24. The molecule has 0 spiro atoms. The highest BCUT2D eigenvalue weighted by Gasteiger charge is 2.10. The van der Waals surface area contributed by atoms with Crippen molar-refractivity contribution in [1.82, 2.24) is 4.98 Å². The zero-order valence-corrected chi connectivity index (χ0v) is 15.9. The second-order valence-corrected chi connectivity index (χ2v) is 6.46. The van der Waals surface area contributed by atoms with Crippen LogP contribution >= 0.6 is 11.6 Å². The molecule has 1 aromatic heterocycles. The second-order valence-electron chi connectivity index (χ2n) is 6.05. The number of aromatic nitrogens is 1. The first kappa shape index (κ1) is 18.7. The molecule has 0 bridgehead atoms. The summed E-state index contributed by atoms with van der Waals surface area (Å²) in [4.78, 5) is 18.8. The average Bonchev–Trinajstić information content (AvgIpc) is 2.69. The van der Waals surface area contributed by atoms with Gasteiger partial charge >= 0.3 is 0 Å². The molecule has 6 heteroatoms. The van der Waals surface area contributed by atoms with E-state index in [0.717, 1.165) is 12.4 Å². The number of carbonyl (C=O) groups excluding carboxylic acids is 1. The number of amides is 1. The van der Waals surface area contributed by atoms with Gasteiger partial charge in [-0.2, -0.15) is 0 Å². The number of nitrogens with zero attached hydrogens (tertiary/aromatic N) is 2. The van der Waals surface area contributed by atoms with Gasteiger partial charge in [-0.05, 0) is 35.9 Å². The maximum absolute atomic E-state index is 12.4. The number of hydrogen-bond donors (Lipinski definition) is 1. The summed E-state index contributed by atoms with van der Waals surface area (Å²) in [5.74, 6) is 1.10. The standard InChI is InChI=1S/C21H20ClN3O2/c1-25(14-15-6-4-3-5-7-15)20-11-8-16(13-23-20)21(26)24-17-9-10-19(27-2)18(22)12-17/h3-13H,14H2,1-2H3,(H,24,26). The minimum absolute atomic E-state index is 0.249. The Morgan fingerprint density at radius 1 is 1.15 bits per heavy atom. The van der Waals surface area contributed by atoms with E-state index in [1.54, 1.807) is 37.6 Å². The van der Waals surface area contributed by atoms with Gasteiger partial charge in [-0.1, -0.05) is 41.9 Å². The molecule has 0 unspecified atom stereocenters. The number of benzene rings is 2. The summed E-state index contributed by atoms with van der Waals surface area (Å²) in [7, 11) is 3.51. The molecule has 0 fully saturated rings. The van der Waals surface area contributed by atoms with Gasteiger partial charge in [-0.15, -0.1) is 0 Å². The van der Waals surface area contributed by atoms with Crippen molar-refractivity contribution in [2.24, 2.45) is 0 Å². The van der Waals surface area contributed by atoms with Crippen LogP contribution in [0.15, 0.2) is 66.9 Å². The van der Waals surface area contributed by atoms with Gasteiger partial charge in [0.2, 0.25) is 0 Å². The van der Waals surface area contributed by atoms with Crippen molar-refractivity contribution in [2.45, 2.75) is 6.54 Å². The van der Waals surface area contributed by atoms with Gasteiger partial charge in [0.1, 0.15) is 11.6 Å². The molecule has 3 rings (SSSR count). The predicted molar refractivity (Wildman–Crippen MR) is 109 cm³/mol. The van der Waals surface area contributed by atoms with Crippen LogP contribution < -0.4 is 15.0 Å². The van der Waals surface area contributed by atoms with Crippen LogP contribution in [-0.2, 0) is 6.54 Å². The summed E-state index contributed by atoms with van der Waals surface area (Å²) in [6.07, 6.45) is 1.57. The van der Waals surface area contributed by atoms with Crippen molar-refractivity contribution in [3.05, 3.63) is 83.0 Å². The van der Waals surface area contributed by atoms with Crippen LogP contribution in [0.2, 0.25) is 5.02 Å². The zero-order valence-electron chi connectivity index (χ0n) is 15.1. The van der Waals surface area contributed by atoms with Gasteiger partial charge in [0, 0.05) is 25.5 Å². The summed E-state index contributed by atoms with van der Waals surface area (Å²) >= 11 is 6.09. The predicted octanol–water partition coefficient (Wildman–Crippen LogP) is 4.63. The maximum atomic E-state index is 12.4. The molecule has 0 aliphatic carbocycles. The lowest BCUT2D eigenvalue weighted by molar-refractivity contribution is 0.102. The van der Waals surface area contributed by atoms with Crippen molar-refractivity contribution in [3.63, 3.8) is 0 Å². The van der Waals surface area contributed by atoms with Crippen LogP contribution in [0.4, 0.5) is 11.5 Å². The number of halogens is 1. The first-order valence-electron chi connectivity index (χ1n) is 8.43. The maximum Gasteiger partial charge on any atom is 0.257 e. The molecule has 2 aromatic carbocycles. The van der Waals surface area contributed by atoms with Crippen LogP contribution in [0, 0.1) is 0 Å². The third-order valence-corrected chi connectivity index (χ3v) is 4.37. The highest BCUT2D eigenvalue weighted by Crippen LogP contribution is 2.27. The molecular formula is C21H20ClN3O2. The molecule has 0 saturated carbocycles. The average molecular weight is 382 g/mol. The topological polar surface area (TPSA) is 54.5 Å². The molecule has 0 saturated heterocycles. The Hall–Kier alpha value is -3.05. The van der Waals surface area contributed by atoms with Crippen molar-refractivity contribution in [3.8, 4) is 5.75 Å². The van der Waals surface area contributed by atoms with E-state index in [1.807, 2.05) is 36.2 Å². The molecule has 1 heterocycles. The Morgan fingerprint density at radius 3 is 2.56 bits per heavy atom. The van der Waals surface area contributed by atoms with Crippen LogP contribution in [-0.4, -0.2) is 25.0 Å². The van der Waals surface area contributed by atoms with Gasteiger partial charge in [0.15, 0.2) is 0 Å². The summed E-state index contributed by atoms with van der Waals surface area (Å²) in [6.45, 7) is 0.740. The van der Waals surface area contributed by atoms with Crippen molar-refractivity contribution >= 4 is 29.0 Å². The van der Waals surface area contributed by atoms with E-state index in [9.17, 15) is 4.79 Å². The van der Waals surface area contributed by atoms with Gasteiger partial charge in [-0.3, -0.25) is 4.79 Å². The molecule has 3 aromatic rings. The minimum atomic E-state index is -0.249. The summed E-state index contributed by atoms with van der Waals surface area (Å²) in [6, 6.07) is 18.8. The number of ether oxygens (including phenoxy) is 1. The molecule has 0 atom stereocenters. The smallest absolute Gasteiger partial charge is 0.257 e. The monoisotopic (exact) mass is 381 g/mol. The Balaban J connectivity index is 1.65. The number of hydrogen-bond acceptors (Lipinski definition) is 4. The fourth-order valence-corrected chi connectivity index (χ4v) is 2.89. The minimum Gasteiger partial charge on any atom is -0.495 e. The third kappa shape index (κ3) is 4.77. The van der Waals surface area contributed by atoms with Gasteiger partial charge in [-0.25, -0.2) is 4.98 Å². The Kier molecular flexibility index (Phi) is 5.94. The highest BCUT2D eigenvalue weighted by molar-refractivity contribution is 6.32. The van der Waals surface area contributed by atoms with Crippen molar-refractivity contribution in [2.75, 3.05) is 24.4 Å². The van der Waals surface area contributed by atoms with E-state index < -0.39 is 0 Å². The highest BCUT2D eigenvalue weighted by atomic mass is 35.5. The van der Waals surface area contributed by atoms with E-state index in [1.165, 1.54) is 5.56 Å². The van der Waals surface area contributed by atoms with E-state index in [-0.39, 0.29) is 5.91 Å². The van der Waals surface area contributed by atoms with Crippen LogP contribution in [0.3, 0.4) is 0 Å². The summed E-state index contributed by atoms with van der Waals surface area (Å²) in [5.41, 5.74) is 2.26. The van der Waals surface area contributed by atoms with Crippen LogP contribution in [0.25, 0.3) is 0 Å². The lowest BCUT2D eigenvalue weighted by Crippen LogP contribution is -2.18. The zero-order chi connectivity index (χ0) is 19.2. The number of pyridine rings is 1. The molecule has 0 radical (unpaired) electrons. The lowest BCUT2D eigenvalue weighted by atomic mass is 10.2. The number of rotatable bonds is 6. The Morgan fingerprint density at radius 2 is 1.93 bits per heavy atom. The van der Waals surface area contributed by atoms with Crippen LogP contribution in [0.1, 0.15) is 15.9 Å². The van der Waals surface area contributed by atoms with E-state index in [0.29, 0.717) is 22.0 Å². The second kappa shape index (κ2) is 8.56. The molecule has 0 aliphatic rings. The van der Waals surface area contributed by atoms with Gasteiger partial charge in [0.05, 0.1) is 17.7 Å². The van der Waals surface area contributed by atoms with Gasteiger partial charge in [0.25, 0.3) is 5.91 Å². The first-order chi connectivity index (χ1) is 13.1. The molecule has 0 aliphatic heterocycles. The lowest BCUT2D eigenvalue weighted by Gasteiger charge is -2.18. The van der Waals surface area contributed by atoms with Crippen LogP contribution in [0.5, 0.6) is 5.75 Å². The largest absolute Gasteiger partial charge is 0.495 e. The summed E-state index contributed by atoms with van der Waals surface area (Å²) < 4.78 is 5.11. The normalized spacial score (nSPS) is 10.3. The molecule has 1 N–H and O–H groups in total. The van der Waals surface area contributed by atoms with Crippen molar-refractivity contribution < 1.29 is 9.53 Å². The fourth-order valence-electron chi connectivity index (χ4n) is 2.63. The number of anilines is 2. The van der Waals surface area contributed by atoms with Crippen molar-refractivity contribution in [1.29, 1.82) is 0 Å². The van der Waals surface area contributed by atoms with Gasteiger partial charge < -0.3 is 15.0 Å². The van der Waals surface area contributed by atoms with E-state index in [2.05, 4.69) is 22.4 Å². The quantitative estimate of drug-likeness (QED) is 0.676. The molecular weight excluding hydrogens is 362 g/mol. The SMILES string of the molecule is COc1ccc(NC(=O)c2ccc(N(C)Cc3ccccc3)nc2)cc1Cl. The molecule has 1 amide bonds. The molecule has 27 heavy (non-hydrogen) atoms. The fraction of sp³-hybridized carbons (Fsp3) is 0.143.